The Morgan fingerprint density at radius 1 is 1.15 bits per heavy atom. The van der Waals surface area contributed by atoms with Crippen LogP contribution in [0.4, 0.5) is 0 Å². The molecule has 1 aromatic heterocycles. The van der Waals surface area contributed by atoms with E-state index in [1.807, 2.05) is 4.90 Å². The maximum absolute atomic E-state index is 11.7. The zero-order valence-electron chi connectivity index (χ0n) is 15.7. The van der Waals surface area contributed by atoms with Crippen LogP contribution in [0.2, 0.25) is 0 Å². The van der Waals surface area contributed by atoms with Crippen LogP contribution in [0.5, 0.6) is 0 Å². The molecule has 0 N–H and O–H groups in total. The molecular weight excluding hydrogens is 326 g/mol. The Hall–Kier alpha value is -2.21. The summed E-state index contributed by atoms with van der Waals surface area (Å²) in [5, 5.41) is 9.04. The van der Waals surface area contributed by atoms with E-state index in [9.17, 15) is 4.79 Å². The average Bonchev–Trinajstić information content (AvgIpc) is 3.17. The van der Waals surface area contributed by atoms with E-state index in [2.05, 4.69) is 50.9 Å². The maximum atomic E-state index is 11.7. The summed E-state index contributed by atoms with van der Waals surface area (Å²) in [6.45, 7) is 8.17. The fraction of sp³-hybridized carbons (Fsp3) is 0.550. The predicted molar refractivity (Wildman–Crippen MR) is 99.5 cm³/mol. The van der Waals surface area contributed by atoms with Crippen molar-refractivity contribution in [2.75, 3.05) is 19.6 Å². The van der Waals surface area contributed by atoms with E-state index in [0.717, 1.165) is 57.2 Å². The Balaban J connectivity index is 1.55. The first kappa shape index (κ1) is 17.2. The van der Waals surface area contributed by atoms with Gasteiger partial charge in [-0.25, -0.2) is 0 Å². The van der Waals surface area contributed by atoms with Crippen LogP contribution in [-0.2, 0) is 24.3 Å². The van der Waals surface area contributed by atoms with E-state index in [1.54, 1.807) is 6.92 Å². The standard InChI is InChI=1S/C20H27N5O/c1-15-6-3-4-7-17(15)14-24-10-5-8-18(24)20-22-21-19-9-11-23(16(2)26)12-13-25(19)20/h3-4,6-7,18H,5,8-14H2,1-2H3. The highest BCUT2D eigenvalue weighted by molar-refractivity contribution is 5.73. The summed E-state index contributed by atoms with van der Waals surface area (Å²) in [5.41, 5.74) is 2.73. The third-order valence-electron chi connectivity index (χ3n) is 5.80. The van der Waals surface area contributed by atoms with Crippen molar-refractivity contribution in [3.05, 3.63) is 47.0 Å². The molecule has 4 rings (SSSR count). The van der Waals surface area contributed by atoms with Gasteiger partial charge in [0.25, 0.3) is 0 Å². The van der Waals surface area contributed by atoms with Crippen molar-refractivity contribution in [1.29, 1.82) is 0 Å². The molecule has 1 fully saturated rings. The summed E-state index contributed by atoms with van der Waals surface area (Å²) in [6.07, 6.45) is 3.11. The van der Waals surface area contributed by atoms with Crippen molar-refractivity contribution in [1.82, 2.24) is 24.6 Å². The molecule has 1 atom stereocenters. The zero-order valence-corrected chi connectivity index (χ0v) is 15.7. The monoisotopic (exact) mass is 353 g/mol. The second kappa shape index (κ2) is 7.19. The number of hydrogen-bond donors (Lipinski definition) is 0. The molecule has 1 saturated heterocycles. The smallest absolute Gasteiger partial charge is 0.219 e. The van der Waals surface area contributed by atoms with E-state index < -0.39 is 0 Å². The highest BCUT2D eigenvalue weighted by Gasteiger charge is 2.32. The highest BCUT2D eigenvalue weighted by Crippen LogP contribution is 2.33. The van der Waals surface area contributed by atoms with Gasteiger partial charge in [-0.05, 0) is 37.4 Å². The van der Waals surface area contributed by atoms with Gasteiger partial charge in [-0.2, -0.15) is 0 Å². The van der Waals surface area contributed by atoms with E-state index in [-0.39, 0.29) is 5.91 Å². The molecular formula is C20H27N5O. The van der Waals surface area contributed by atoms with Gasteiger partial charge in [-0.1, -0.05) is 24.3 Å². The molecule has 0 spiro atoms. The Kier molecular flexibility index (Phi) is 4.76. The Labute approximate surface area is 154 Å². The number of benzene rings is 1. The summed E-state index contributed by atoms with van der Waals surface area (Å²) in [6, 6.07) is 8.94. The van der Waals surface area contributed by atoms with Crippen LogP contribution in [0.1, 0.15) is 48.6 Å². The second-order valence-corrected chi connectivity index (χ2v) is 7.44. The largest absolute Gasteiger partial charge is 0.341 e. The quantitative estimate of drug-likeness (QED) is 0.850. The number of carbonyl (C=O) groups is 1. The van der Waals surface area contributed by atoms with E-state index in [1.165, 1.54) is 17.5 Å². The lowest BCUT2D eigenvalue weighted by molar-refractivity contribution is -0.128. The maximum Gasteiger partial charge on any atom is 0.219 e. The summed E-state index contributed by atoms with van der Waals surface area (Å²) >= 11 is 0. The van der Waals surface area contributed by atoms with Crippen LogP contribution in [0, 0.1) is 6.92 Å². The molecule has 6 nitrogen and oxygen atoms in total. The van der Waals surface area contributed by atoms with Gasteiger partial charge < -0.3 is 9.47 Å². The van der Waals surface area contributed by atoms with E-state index >= 15 is 0 Å². The summed E-state index contributed by atoms with van der Waals surface area (Å²) < 4.78 is 2.27. The molecule has 1 unspecified atom stereocenters. The molecule has 1 amide bonds. The summed E-state index contributed by atoms with van der Waals surface area (Å²) in [5.74, 6) is 2.25. The van der Waals surface area contributed by atoms with Crippen LogP contribution in [0.25, 0.3) is 0 Å². The molecule has 0 aliphatic carbocycles. The number of amides is 1. The van der Waals surface area contributed by atoms with Gasteiger partial charge in [0.15, 0.2) is 0 Å². The molecule has 2 aliphatic heterocycles. The van der Waals surface area contributed by atoms with Crippen molar-refractivity contribution >= 4 is 5.91 Å². The van der Waals surface area contributed by atoms with Crippen LogP contribution in [0.3, 0.4) is 0 Å². The van der Waals surface area contributed by atoms with Gasteiger partial charge in [0.2, 0.25) is 5.91 Å². The zero-order chi connectivity index (χ0) is 18.1. The van der Waals surface area contributed by atoms with Crippen molar-refractivity contribution in [2.45, 2.75) is 52.2 Å². The van der Waals surface area contributed by atoms with Crippen LogP contribution in [-0.4, -0.2) is 50.1 Å². The lowest BCUT2D eigenvalue weighted by atomic mass is 10.1. The van der Waals surface area contributed by atoms with Crippen molar-refractivity contribution in [3.63, 3.8) is 0 Å². The second-order valence-electron chi connectivity index (χ2n) is 7.44. The number of carbonyl (C=O) groups excluding carboxylic acids is 1. The first-order valence-corrected chi connectivity index (χ1v) is 9.59. The SMILES string of the molecule is CC(=O)N1CCc2nnc(C3CCCN3Cc3ccccc3C)n2CC1. The Morgan fingerprint density at radius 3 is 2.81 bits per heavy atom. The first-order valence-electron chi connectivity index (χ1n) is 9.59. The molecule has 2 aromatic rings. The van der Waals surface area contributed by atoms with Crippen molar-refractivity contribution < 1.29 is 4.79 Å². The molecule has 6 heteroatoms. The lowest BCUT2D eigenvalue weighted by Gasteiger charge is -2.25. The number of likely N-dealkylation sites (tertiary alicyclic amines) is 1. The third kappa shape index (κ3) is 3.26. The Bertz CT molecular complexity index is 799. The van der Waals surface area contributed by atoms with Crippen LogP contribution in [0.15, 0.2) is 24.3 Å². The number of rotatable bonds is 3. The number of nitrogens with zero attached hydrogens (tertiary/aromatic N) is 5. The normalized spacial score (nSPS) is 20.8. The highest BCUT2D eigenvalue weighted by atomic mass is 16.2. The number of fused-ring (bicyclic) bond motifs is 1. The minimum absolute atomic E-state index is 0.146. The van der Waals surface area contributed by atoms with Gasteiger partial charge in [0.1, 0.15) is 11.6 Å². The molecule has 2 aliphatic rings. The summed E-state index contributed by atoms with van der Waals surface area (Å²) in [7, 11) is 0. The topological polar surface area (TPSA) is 54.3 Å². The molecule has 1 aromatic carbocycles. The fourth-order valence-corrected chi connectivity index (χ4v) is 4.22. The predicted octanol–water partition coefficient (Wildman–Crippen LogP) is 2.33. The van der Waals surface area contributed by atoms with Crippen LogP contribution >= 0.6 is 0 Å². The number of aryl methyl sites for hydroxylation is 1. The Morgan fingerprint density at radius 2 is 2.00 bits per heavy atom. The average molecular weight is 353 g/mol. The van der Waals surface area contributed by atoms with Gasteiger partial charge >= 0.3 is 0 Å². The van der Waals surface area contributed by atoms with Crippen LogP contribution < -0.4 is 0 Å². The summed E-state index contributed by atoms with van der Waals surface area (Å²) in [4.78, 5) is 16.2. The molecule has 0 saturated carbocycles. The van der Waals surface area contributed by atoms with E-state index in [4.69, 9.17) is 0 Å². The van der Waals surface area contributed by atoms with Gasteiger partial charge in [0, 0.05) is 39.5 Å². The number of aromatic nitrogens is 3. The fourth-order valence-electron chi connectivity index (χ4n) is 4.22. The minimum atomic E-state index is 0.146. The van der Waals surface area contributed by atoms with Crippen molar-refractivity contribution in [2.24, 2.45) is 0 Å². The van der Waals surface area contributed by atoms with Gasteiger partial charge in [-0.3, -0.25) is 9.69 Å². The van der Waals surface area contributed by atoms with Gasteiger partial charge in [-0.15, -0.1) is 10.2 Å². The first-order chi connectivity index (χ1) is 12.6. The lowest BCUT2D eigenvalue weighted by Crippen LogP contribution is -2.32. The minimum Gasteiger partial charge on any atom is -0.341 e. The third-order valence-corrected chi connectivity index (χ3v) is 5.80. The van der Waals surface area contributed by atoms with Crippen molar-refractivity contribution in [3.8, 4) is 0 Å². The van der Waals surface area contributed by atoms with E-state index in [0.29, 0.717) is 6.04 Å². The molecule has 26 heavy (non-hydrogen) atoms. The molecule has 138 valence electrons. The molecule has 3 heterocycles. The molecule has 0 radical (unpaired) electrons. The number of hydrogen-bond acceptors (Lipinski definition) is 4. The molecule has 0 bridgehead atoms. The van der Waals surface area contributed by atoms with Gasteiger partial charge in [0.05, 0.1) is 6.04 Å².